The van der Waals surface area contributed by atoms with E-state index in [0.717, 1.165) is 23.9 Å². The quantitative estimate of drug-likeness (QED) is 0.545. The molecule has 7 nitrogen and oxygen atoms in total. The fourth-order valence-corrected chi connectivity index (χ4v) is 3.59. The molecule has 1 amide bonds. The van der Waals surface area contributed by atoms with Crippen LogP contribution in [-0.2, 0) is 17.1 Å². The Hall–Kier alpha value is -2.25. The van der Waals surface area contributed by atoms with Crippen molar-refractivity contribution in [1.82, 2.24) is 14.3 Å². The summed E-state index contributed by atoms with van der Waals surface area (Å²) in [6.45, 7) is 0.530. The number of anilines is 1. The molecule has 0 radical (unpaired) electrons. The fourth-order valence-electron chi connectivity index (χ4n) is 2.08. The summed E-state index contributed by atoms with van der Waals surface area (Å²) in [4.78, 5) is 14.5. The second-order valence-corrected chi connectivity index (χ2v) is 7.61. The van der Waals surface area contributed by atoms with Crippen LogP contribution in [-0.4, -0.2) is 36.1 Å². The lowest BCUT2D eigenvalue weighted by Gasteiger charge is -2.16. The molecule has 28 heavy (non-hydrogen) atoms. The highest BCUT2D eigenvalue weighted by atomic mass is 35.5. The zero-order valence-electron chi connectivity index (χ0n) is 14.1. The number of hydrogen-bond acceptors (Lipinski definition) is 4. The Labute approximate surface area is 160 Å². The van der Waals surface area contributed by atoms with E-state index in [4.69, 9.17) is 11.6 Å². The molecule has 0 aliphatic rings. The summed E-state index contributed by atoms with van der Waals surface area (Å²) < 4.78 is 92.3. The topological polar surface area (TPSA) is 93.1 Å². The lowest BCUT2D eigenvalue weighted by atomic mass is 10.3. The average Bonchev–Trinajstić information content (AvgIpc) is 2.86. The maximum absolute atomic E-state index is 14.6. The molecule has 14 heteroatoms. The van der Waals surface area contributed by atoms with Gasteiger partial charge in [0.05, 0.1) is 5.69 Å². The Kier molecular flexibility index (Phi) is 6.01. The summed E-state index contributed by atoms with van der Waals surface area (Å²) in [5, 5.41) is 1.41. The highest BCUT2D eigenvalue weighted by Gasteiger charge is 2.40. The van der Waals surface area contributed by atoms with Crippen molar-refractivity contribution in [2.45, 2.75) is 24.0 Å². The summed E-state index contributed by atoms with van der Waals surface area (Å²) >= 11 is 5.46. The van der Waals surface area contributed by atoms with Gasteiger partial charge in [0.15, 0.2) is 16.8 Å². The summed E-state index contributed by atoms with van der Waals surface area (Å²) in [7, 11) is -3.86. The van der Waals surface area contributed by atoms with Crippen LogP contribution in [0.25, 0.3) is 0 Å². The van der Waals surface area contributed by atoms with Gasteiger partial charge in [-0.15, -0.1) is 0 Å². The SMILES string of the molecule is C[C@@H](NS(=O)(=O)c1cn(C)c(C(=O)Nc2ccnc(Cl)c2F)c1F)C(F)(F)F. The Morgan fingerprint density at radius 1 is 1.29 bits per heavy atom. The molecule has 2 aromatic heterocycles. The molecule has 2 heterocycles. The van der Waals surface area contributed by atoms with Crippen molar-refractivity contribution in [2.24, 2.45) is 7.05 Å². The molecule has 2 rings (SSSR count). The summed E-state index contributed by atoms with van der Waals surface area (Å²) in [6, 6.07) is -1.48. The maximum atomic E-state index is 14.6. The normalized spacial score (nSPS) is 13.4. The van der Waals surface area contributed by atoms with Crippen LogP contribution < -0.4 is 10.0 Å². The molecule has 0 saturated heterocycles. The number of nitrogens with one attached hydrogen (secondary N) is 2. The Bertz CT molecular complexity index is 1020. The van der Waals surface area contributed by atoms with Gasteiger partial charge in [-0.3, -0.25) is 4.79 Å². The minimum atomic E-state index is -4.95. The standard InChI is InChI=1S/C14H12ClF5N4O3S/c1-6(14(18,19)20)23-28(26,27)8-5-24(2)11(10(8)17)13(25)22-7-3-4-21-12(15)9(7)16/h3-6,23H,1-2H3,(H,21,22,25)/t6-/m1/s1. The molecule has 2 N–H and O–H groups in total. The number of pyridine rings is 1. The molecule has 0 spiro atoms. The lowest BCUT2D eigenvalue weighted by molar-refractivity contribution is -0.147. The third kappa shape index (κ3) is 4.42. The lowest BCUT2D eigenvalue weighted by Crippen LogP contribution is -2.43. The molecule has 0 bridgehead atoms. The van der Waals surface area contributed by atoms with Crippen molar-refractivity contribution >= 4 is 33.2 Å². The molecule has 0 unspecified atom stereocenters. The highest BCUT2D eigenvalue weighted by Crippen LogP contribution is 2.26. The van der Waals surface area contributed by atoms with E-state index in [1.807, 2.05) is 5.32 Å². The number of aromatic nitrogens is 2. The number of halogens is 6. The predicted molar refractivity (Wildman–Crippen MR) is 88.4 cm³/mol. The number of rotatable bonds is 5. The third-order valence-electron chi connectivity index (χ3n) is 3.51. The molecule has 0 saturated carbocycles. The van der Waals surface area contributed by atoms with Crippen LogP contribution in [0.2, 0.25) is 5.15 Å². The maximum Gasteiger partial charge on any atom is 0.404 e. The summed E-state index contributed by atoms with van der Waals surface area (Å²) in [6.07, 6.45) is -3.23. The van der Waals surface area contributed by atoms with Crippen LogP contribution in [0.5, 0.6) is 0 Å². The van der Waals surface area contributed by atoms with Crippen molar-refractivity contribution < 1.29 is 35.2 Å². The number of aryl methyl sites for hydroxylation is 1. The summed E-state index contributed by atoms with van der Waals surface area (Å²) in [5.74, 6) is -3.98. The van der Waals surface area contributed by atoms with Gasteiger partial charge in [0.1, 0.15) is 16.6 Å². The van der Waals surface area contributed by atoms with Gasteiger partial charge in [-0.1, -0.05) is 11.6 Å². The number of alkyl halides is 3. The van der Waals surface area contributed by atoms with E-state index < -0.39 is 61.2 Å². The van der Waals surface area contributed by atoms with E-state index in [1.54, 1.807) is 0 Å². The van der Waals surface area contributed by atoms with Crippen molar-refractivity contribution in [3.05, 3.63) is 40.9 Å². The third-order valence-corrected chi connectivity index (χ3v) is 5.30. The number of amides is 1. The van der Waals surface area contributed by atoms with Gasteiger partial charge in [-0.2, -0.15) is 17.9 Å². The number of carbonyl (C=O) groups excluding carboxylic acids is 1. The first-order chi connectivity index (χ1) is 12.8. The Morgan fingerprint density at radius 2 is 1.89 bits per heavy atom. The molecule has 2 aromatic rings. The number of hydrogen-bond donors (Lipinski definition) is 2. The van der Waals surface area contributed by atoms with E-state index in [1.165, 1.54) is 4.72 Å². The Balaban J connectivity index is 2.38. The van der Waals surface area contributed by atoms with E-state index in [-0.39, 0.29) is 0 Å². The Morgan fingerprint density at radius 3 is 2.46 bits per heavy atom. The molecule has 1 atom stereocenters. The zero-order chi connectivity index (χ0) is 21.4. The highest BCUT2D eigenvalue weighted by molar-refractivity contribution is 7.89. The van der Waals surface area contributed by atoms with Crippen molar-refractivity contribution in [2.75, 3.05) is 5.32 Å². The van der Waals surface area contributed by atoms with E-state index >= 15 is 0 Å². The molecule has 154 valence electrons. The van der Waals surface area contributed by atoms with E-state index in [0.29, 0.717) is 13.1 Å². The molecule has 0 fully saturated rings. The van der Waals surface area contributed by atoms with Crippen LogP contribution in [0, 0.1) is 11.6 Å². The number of sulfonamides is 1. The van der Waals surface area contributed by atoms with Gasteiger partial charge in [0.2, 0.25) is 10.0 Å². The first-order valence-corrected chi connectivity index (χ1v) is 9.17. The van der Waals surface area contributed by atoms with E-state index in [2.05, 4.69) is 4.98 Å². The van der Waals surface area contributed by atoms with Gasteiger partial charge in [-0.25, -0.2) is 22.2 Å². The van der Waals surface area contributed by atoms with Crippen molar-refractivity contribution in [3.8, 4) is 0 Å². The first-order valence-electron chi connectivity index (χ1n) is 7.31. The minimum absolute atomic E-state index is 0.459. The smallest absolute Gasteiger partial charge is 0.343 e. The predicted octanol–water partition coefficient (Wildman–Crippen LogP) is 2.83. The summed E-state index contributed by atoms with van der Waals surface area (Å²) in [5.41, 5.74) is -1.31. The van der Waals surface area contributed by atoms with Crippen LogP contribution in [0.4, 0.5) is 27.6 Å². The number of carbonyl (C=O) groups is 1. The van der Waals surface area contributed by atoms with Crippen molar-refractivity contribution in [3.63, 3.8) is 0 Å². The second-order valence-electron chi connectivity index (χ2n) is 5.57. The van der Waals surface area contributed by atoms with E-state index in [9.17, 15) is 35.2 Å². The van der Waals surface area contributed by atoms with Gasteiger partial charge >= 0.3 is 6.18 Å². The van der Waals surface area contributed by atoms with Gasteiger partial charge in [0, 0.05) is 19.4 Å². The van der Waals surface area contributed by atoms with Gasteiger partial charge in [-0.05, 0) is 13.0 Å². The molecule has 0 aliphatic heterocycles. The van der Waals surface area contributed by atoms with Crippen LogP contribution in [0.1, 0.15) is 17.4 Å². The van der Waals surface area contributed by atoms with Gasteiger partial charge < -0.3 is 9.88 Å². The minimum Gasteiger partial charge on any atom is -0.343 e. The average molecular weight is 447 g/mol. The monoisotopic (exact) mass is 446 g/mol. The fraction of sp³-hybridized carbons (Fsp3) is 0.286. The molecular formula is C14H12ClF5N4O3S. The second kappa shape index (κ2) is 7.64. The van der Waals surface area contributed by atoms with Crippen LogP contribution in [0.15, 0.2) is 23.4 Å². The molecule has 0 aliphatic carbocycles. The zero-order valence-corrected chi connectivity index (χ0v) is 15.7. The number of nitrogens with zero attached hydrogens (tertiary/aromatic N) is 2. The van der Waals surface area contributed by atoms with Crippen LogP contribution in [0.3, 0.4) is 0 Å². The largest absolute Gasteiger partial charge is 0.404 e. The van der Waals surface area contributed by atoms with Crippen molar-refractivity contribution in [1.29, 1.82) is 0 Å². The van der Waals surface area contributed by atoms with Gasteiger partial charge in [0.25, 0.3) is 5.91 Å². The molecular weight excluding hydrogens is 435 g/mol. The first kappa shape index (κ1) is 22.0. The molecule has 0 aromatic carbocycles. The van der Waals surface area contributed by atoms with Crippen LogP contribution >= 0.6 is 11.6 Å².